The number of amides is 3. The van der Waals surface area contributed by atoms with E-state index in [2.05, 4.69) is 48.1 Å². The molecule has 64 heavy (non-hydrogen) atoms. The Labute approximate surface area is 379 Å². The summed E-state index contributed by atoms with van der Waals surface area (Å²) in [6.45, 7) is 17.6. The van der Waals surface area contributed by atoms with Crippen molar-refractivity contribution >= 4 is 37.2 Å². The van der Waals surface area contributed by atoms with Gasteiger partial charge in [0, 0.05) is 94.8 Å². The Morgan fingerprint density at radius 2 is 1.62 bits per heavy atom. The molecule has 0 bridgehead atoms. The molecule has 1 N–H and O–H groups in total. The fourth-order valence-electron chi connectivity index (χ4n) is 8.54. The number of hydrogen-bond acceptors (Lipinski definition) is 8. The topological polar surface area (TPSA) is 115 Å². The first-order chi connectivity index (χ1) is 30.7. The Kier molecular flexibility index (Phi) is 14.7. The van der Waals surface area contributed by atoms with Crippen LogP contribution in [0, 0.1) is 13.8 Å². The molecule has 7 rings (SSSR count). The Morgan fingerprint density at radius 3 is 2.33 bits per heavy atom. The lowest BCUT2D eigenvalue weighted by molar-refractivity contribution is -0.114. The lowest BCUT2D eigenvalue weighted by Crippen LogP contribution is -2.52. The van der Waals surface area contributed by atoms with Crippen molar-refractivity contribution in [1.82, 2.24) is 14.4 Å². The van der Waals surface area contributed by atoms with Crippen molar-refractivity contribution < 1.29 is 33.3 Å². The van der Waals surface area contributed by atoms with E-state index in [9.17, 15) is 4.79 Å². The maximum atomic E-state index is 15.2. The minimum Gasteiger partial charge on any atom is -0.496 e. The van der Waals surface area contributed by atoms with Gasteiger partial charge in [0.15, 0.2) is 6.79 Å². The van der Waals surface area contributed by atoms with Crippen LogP contribution < -0.4 is 19.7 Å². The zero-order chi connectivity index (χ0) is 45.5. The molecule has 5 aromatic rings. The van der Waals surface area contributed by atoms with Gasteiger partial charge in [-0.25, -0.2) is 0 Å². The number of methoxy groups -OCH3 is 1. The van der Waals surface area contributed by atoms with E-state index in [4.69, 9.17) is 18.9 Å². The van der Waals surface area contributed by atoms with Crippen LogP contribution in [-0.2, 0) is 40.8 Å². The maximum absolute atomic E-state index is 15.2. The molecule has 1 saturated heterocycles. The summed E-state index contributed by atoms with van der Waals surface area (Å²) in [7, 11) is 2.33. The molecule has 3 heterocycles. The molecule has 1 atom stereocenters. The number of nitrogens with one attached hydrogen (secondary N) is 1. The average Bonchev–Trinajstić information content (AvgIpc) is 3.58. The molecule has 1 aromatic heterocycles. The van der Waals surface area contributed by atoms with Gasteiger partial charge < -0.3 is 38.6 Å². The summed E-state index contributed by atoms with van der Waals surface area (Å²) in [5, 5.41) is 2.92. The standard InChI is InChI=1S/C51H63N5O7Si/c1-35-39(14-11-15-49(35)60-5)31-55(42-17-19-44(20-18-42)63-34-62-26-27-64(6,7)8)51(59)46-30-48(53(4)36(46)2)47-29-41(52-37(3)57)16-21-45(47)50(58)56-32-40-13-10-9-12-38(40)28-43(56)33-54-22-24-61-25-23-54/h9-21,29-30,43H,22-28,31-34H2,1-8H3,(H,52,57)/t43-/m0/s1. The Bertz CT molecular complexity index is 2450. The first-order valence-electron chi connectivity index (χ1n) is 22.2. The molecule has 1 fully saturated rings. The van der Waals surface area contributed by atoms with Crippen LogP contribution in [0.2, 0.25) is 25.7 Å². The van der Waals surface area contributed by atoms with Crippen molar-refractivity contribution in [3.63, 3.8) is 0 Å². The minimum absolute atomic E-state index is 0.0661. The number of fused-ring (bicyclic) bond motifs is 1. The van der Waals surface area contributed by atoms with Gasteiger partial charge in [-0.2, -0.15) is 0 Å². The Balaban J connectivity index is 1.24. The zero-order valence-corrected chi connectivity index (χ0v) is 39.7. The van der Waals surface area contributed by atoms with E-state index in [1.165, 1.54) is 12.5 Å². The molecule has 0 radical (unpaired) electrons. The van der Waals surface area contributed by atoms with Crippen LogP contribution in [0.3, 0.4) is 0 Å². The smallest absolute Gasteiger partial charge is 0.260 e. The van der Waals surface area contributed by atoms with E-state index in [-0.39, 0.29) is 37.1 Å². The van der Waals surface area contributed by atoms with Gasteiger partial charge >= 0.3 is 0 Å². The highest BCUT2D eigenvalue weighted by Gasteiger charge is 2.34. The summed E-state index contributed by atoms with van der Waals surface area (Å²) in [6.07, 6.45) is 0.739. The Hall–Kier alpha value is -5.73. The number of anilines is 2. The second-order valence-electron chi connectivity index (χ2n) is 18.1. The van der Waals surface area contributed by atoms with E-state index in [1.807, 2.05) is 91.0 Å². The second kappa shape index (κ2) is 20.4. The van der Waals surface area contributed by atoms with Crippen molar-refractivity contribution in [3.8, 4) is 22.8 Å². The third kappa shape index (κ3) is 11.0. The number of rotatable bonds is 16. The molecule has 0 aliphatic carbocycles. The van der Waals surface area contributed by atoms with Crippen LogP contribution >= 0.6 is 0 Å². The molecule has 3 amide bonds. The first kappa shape index (κ1) is 46.3. The maximum Gasteiger partial charge on any atom is 0.260 e. The molecule has 0 spiro atoms. The number of benzene rings is 4. The SMILES string of the molecule is COc1cccc(CN(C(=O)c2cc(-c3cc(NC(C)=O)ccc3C(=O)N3Cc4ccccc4C[C@H]3CN3CCOCC3)n(C)c2C)c2ccc(OCOCC[Si](C)(C)C)cc2)c1C. The van der Waals surface area contributed by atoms with Gasteiger partial charge in [-0.1, -0.05) is 56.0 Å². The predicted octanol–water partition coefficient (Wildman–Crippen LogP) is 8.71. The van der Waals surface area contributed by atoms with E-state index >= 15 is 9.59 Å². The van der Waals surface area contributed by atoms with Crippen molar-refractivity contribution in [2.75, 3.05) is 63.6 Å². The lowest BCUT2D eigenvalue weighted by Gasteiger charge is -2.40. The van der Waals surface area contributed by atoms with Crippen molar-refractivity contribution in [1.29, 1.82) is 0 Å². The van der Waals surface area contributed by atoms with Gasteiger partial charge in [-0.15, -0.1) is 0 Å². The van der Waals surface area contributed by atoms with Crippen LogP contribution in [0.15, 0.2) is 91.0 Å². The van der Waals surface area contributed by atoms with Gasteiger partial charge in [0.1, 0.15) is 11.5 Å². The summed E-state index contributed by atoms with van der Waals surface area (Å²) in [6, 6.07) is 30.0. The number of carbonyl (C=O) groups excluding carboxylic acids is 3. The van der Waals surface area contributed by atoms with Gasteiger partial charge in [0.05, 0.1) is 32.4 Å². The Morgan fingerprint density at radius 1 is 0.891 bits per heavy atom. The minimum atomic E-state index is -1.22. The molecule has 4 aromatic carbocycles. The van der Waals surface area contributed by atoms with E-state index in [0.717, 1.165) is 60.2 Å². The number of aromatic nitrogens is 1. The summed E-state index contributed by atoms with van der Waals surface area (Å²) >= 11 is 0. The van der Waals surface area contributed by atoms with Crippen LogP contribution in [0.25, 0.3) is 11.3 Å². The number of carbonyl (C=O) groups is 3. The van der Waals surface area contributed by atoms with E-state index < -0.39 is 8.07 Å². The lowest BCUT2D eigenvalue weighted by atomic mass is 9.92. The normalized spacial score (nSPS) is 15.4. The summed E-state index contributed by atoms with van der Waals surface area (Å²) in [4.78, 5) is 48.8. The van der Waals surface area contributed by atoms with Crippen LogP contribution in [0.5, 0.6) is 11.5 Å². The highest BCUT2D eigenvalue weighted by molar-refractivity contribution is 6.76. The third-order valence-corrected chi connectivity index (χ3v) is 14.1. The summed E-state index contributed by atoms with van der Waals surface area (Å²) in [5.74, 6) is 0.829. The van der Waals surface area contributed by atoms with Crippen LogP contribution in [0.4, 0.5) is 11.4 Å². The molecule has 0 unspecified atom stereocenters. The first-order valence-corrected chi connectivity index (χ1v) is 25.9. The molecule has 338 valence electrons. The van der Waals surface area contributed by atoms with Crippen molar-refractivity contribution in [2.45, 2.75) is 72.0 Å². The third-order valence-electron chi connectivity index (χ3n) is 12.4. The number of ether oxygens (including phenoxy) is 4. The van der Waals surface area contributed by atoms with Crippen molar-refractivity contribution in [2.24, 2.45) is 7.05 Å². The molecular weight excluding hydrogens is 823 g/mol. The molecule has 2 aliphatic heterocycles. The van der Waals surface area contributed by atoms with Gasteiger partial charge in [-0.3, -0.25) is 19.3 Å². The van der Waals surface area contributed by atoms with Gasteiger partial charge in [0.2, 0.25) is 5.91 Å². The van der Waals surface area contributed by atoms with E-state index in [1.54, 1.807) is 24.1 Å². The van der Waals surface area contributed by atoms with Crippen LogP contribution in [-0.4, -0.2) is 99.6 Å². The second-order valence-corrected chi connectivity index (χ2v) is 23.7. The number of morpholine rings is 1. The zero-order valence-electron chi connectivity index (χ0n) is 38.7. The van der Waals surface area contributed by atoms with Gasteiger partial charge in [-0.05, 0) is 103 Å². The molecular formula is C51H63N5O7Si. The average molecular weight is 886 g/mol. The molecule has 13 heteroatoms. The van der Waals surface area contributed by atoms with Crippen molar-refractivity contribution in [3.05, 3.63) is 130 Å². The largest absolute Gasteiger partial charge is 0.496 e. The number of hydrogen-bond donors (Lipinski definition) is 1. The quantitative estimate of drug-likeness (QED) is 0.0595. The molecule has 12 nitrogen and oxygen atoms in total. The van der Waals surface area contributed by atoms with Gasteiger partial charge in [0.25, 0.3) is 11.8 Å². The fraction of sp³-hybridized carbons (Fsp3) is 0.392. The molecule has 2 aliphatic rings. The predicted molar refractivity (Wildman–Crippen MR) is 255 cm³/mol. The fourth-order valence-corrected chi connectivity index (χ4v) is 9.30. The van der Waals surface area contributed by atoms with E-state index in [0.29, 0.717) is 65.9 Å². The van der Waals surface area contributed by atoms with Crippen LogP contribution in [0.1, 0.15) is 55.6 Å². The monoisotopic (exact) mass is 885 g/mol. The summed E-state index contributed by atoms with van der Waals surface area (Å²) in [5.41, 5.74) is 8.49. The highest BCUT2D eigenvalue weighted by atomic mass is 28.3. The molecule has 0 saturated carbocycles. The summed E-state index contributed by atoms with van der Waals surface area (Å²) < 4.78 is 25.0. The number of nitrogens with zero attached hydrogens (tertiary/aromatic N) is 4. The highest BCUT2D eigenvalue weighted by Crippen LogP contribution is 2.36.